The predicted molar refractivity (Wildman–Crippen MR) is 76.1 cm³/mol. The lowest BCUT2D eigenvalue weighted by atomic mass is 10.0. The molecule has 5 heteroatoms. The van der Waals surface area contributed by atoms with Crippen LogP contribution in [-0.4, -0.2) is 23.4 Å². The molecule has 0 radical (unpaired) electrons. The molecule has 1 aromatic heterocycles. The van der Waals surface area contributed by atoms with E-state index in [1.165, 1.54) is 23.5 Å². The number of thiophene rings is 1. The van der Waals surface area contributed by atoms with Crippen molar-refractivity contribution in [3.05, 3.63) is 35.0 Å². The molecule has 0 bridgehead atoms. The van der Waals surface area contributed by atoms with Crippen LogP contribution in [-0.2, 0) is 0 Å². The lowest BCUT2D eigenvalue weighted by Crippen LogP contribution is -2.42. The highest BCUT2D eigenvalue weighted by Crippen LogP contribution is 2.29. The third kappa shape index (κ3) is 2.27. The molecule has 1 unspecified atom stereocenters. The van der Waals surface area contributed by atoms with Crippen molar-refractivity contribution in [3.63, 3.8) is 0 Å². The Balaban J connectivity index is 1.93. The number of fused-ring (bicyclic) bond motifs is 1. The molecule has 0 spiro atoms. The lowest BCUT2D eigenvalue weighted by molar-refractivity contribution is 0.0675. The van der Waals surface area contributed by atoms with Crippen LogP contribution in [0, 0.1) is 17.1 Å². The standard InChI is InChI=1S/C15H13FN2OS/c16-11-5-4-10-7-14(20-13(10)8-11)15(19)18-6-2-1-3-12(18)9-17/h4-5,7-8,12H,1-3,6H2. The van der Waals surface area contributed by atoms with E-state index in [0.29, 0.717) is 11.4 Å². The van der Waals surface area contributed by atoms with Crippen molar-refractivity contribution in [3.8, 4) is 6.07 Å². The Hall–Kier alpha value is -1.93. The maximum atomic E-state index is 13.2. The van der Waals surface area contributed by atoms with Gasteiger partial charge in [-0.3, -0.25) is 4.79 Å². The van der Waals surface area contributed by atoms with Crippen LogP contribution < -0.4 is 0 Å². The minimum absolute atomic E-state index is 0.113. The van der Waals surface area contributed by atoms with Crippen LogP contribution in [0.25, 0.3) is 10.1 Å². The fourth-order valence-electron chi connectivity index (χ4n) is 2.56. The monoisotopic (exact) mass is 288 g/mol. The number of piperidine rings is 1. The highest BCUT2D eigenvalue weighted by Gasteiger charge is 2.28. The average Bonchev–Trinajstić information content (AvgIpc) is 2.89. The first-order valence-electron chi connectivity index (χ1n) is 6.59. The van der Waals surface area contributed by atoms with E-state index < -0.39 is 0 Å². The Morgan fingerprint density at radius 1 is 1.40 bits per heavy atom. The largest absolute Gasteiger partial charge is 0.322 e. The highest BCUT2D eigenvalue weighted by atomic mass is 32.1. The molecule has 0 saturated carbocycles. The molecule has 1 atom stereocenters. The fraction of sp³-hybridized carbons (Fsp3) is 0.333. The topological polar surface area (TPSA) is 44.1 Å². The maximum Gasteiger partial charge on any atom is 0.265 e. The summed E-state index contributed by atoms with van der Waals surface area (Å²) in [5.74, 6) is -0.413. The molecule has 0 N–H and O–H groups in total. The summed E-state index contributed by atoms with van der Waals surface area (Å²) in [4.78, 5) is 14.7. The minimum atomic E-state index is -0.335. The van der Waals surface area contributed by atoms with Crippen LogP contribution in [0.15, 0.2) is 24.3 Å². The van der Waals surface area contributed by atoms with E-state index in [1.54, 1.807) is 17.0 Å². The average molecular weight is 288 g/mol. The van der Waals surface area contributed by atoms with Gasteiger partial charge in [0.1, 0.15) is 11.9 Å². The van der Waals surface area contributed by atoms with Gasteiger partial charge >= 0.3 is 0 Å². The van der Waals surface area contributed by atoms with Crippen LogP contribution >= 0.6 is 11.3 Å². The smallest absolute Gasteiger partial charge is 0.265 e. The summed E-state index contributed by atoms with van der Waals surface area (Å²) >= 11 is 1.29. The van der Waals surface area contributed by atoms with Crippen LogP contribution in [0.4, 0.5) is 4.39 Å². The molecular formula is C15H13FN2OS. The van der Waals surface area contributed by atoms with E-state index in [0.717, 1.165) is 29.3 Å². The van der Waals surface area contributed by atoms with Crippen molar-refractivity contribution in [2.45, 2.75) is 25.3 Å². The van der Waals surface area contributed by atoms with E-state index in [1.807, 2.05) is 0 Å². The first-order valence-corrected chi connectivity index (χ1v) is 7.40. The van der Waals surface area contributed by atoms with Gasteiger partial charge in [0.15, 0.2) is 0 Å². The first kappa shape index (κ1) is 13.1. The van der Waals surface area contributed by atoms with E-state index in [9.17, 15) is 9.18 Å². The van der Waals surface area contributed by atoms with Crippen molar-refractivity contribution in [1.29, 1.82) is 5.26 Å². The van der Waals surface area contributed by atoms with Crippen molar-refractivity contribution in [1.82, 2.24) is 4.90 Å². The lowest BCUT2D eigenvalue weighted by Gasteiger charge is -2.30. The van der Waals surface area contributed by atoms with Gasteiger partial charge in [-0.15, -0.1) is 11.3 Å². The Morgan fingerprint density at radius 3 is 3.05 bits per heavy atom. The van der Waals surface area contributed by atoms with Crippen molar-refractivity contribution < 1.29 is 9.18 Å². The van der Waals surface area contributed by atoms with Crippen LogP contribution in [0.3, 0.4) is 0 Å². The maximum absolute atomic E-state index is 13.2. The number of halogens is 1. The quantitative estimate of drug-likeness (QED) is 0.805. The second-order valence-corrected chi connectivity index (χ2v) is 6.02. The number of amides is 1. The summed E-state index contributed by atoms with van der Waals surface area (Å²) in [6, 6.07) is 8.15. The fourth-order valence-corrected chi connectivity index (χ4v) is 3.60. The molecule has 1 aromatic carbocycles. The zero-order valence-electron chi connectivity index (χ0n) is 10.8. The van der Waals surface area contributed by atoms with Gasteiger partial charge in [0, 0.05) is 11.2 Å². The summed E-state index contributed by atoms with van der Waals surface area (Å²) in [6.07, 6.45) is 2.66. The summed E-state index contributed by atoms with van der Waals surface area (Å²) in [7, 11) is 0. The molecular weight excluding hydrogens is 275 g/mol. The molecule has 1 fully saturated rings. The molecule has 1 saturated heterocycles. The number of hydrogen-bond donors (Lipinski definition) is 0. The van der Waals surface area contributed by atoms with Gasteiger partial charge in [-0.25, -0.2) is 4.39 Å². The summed E-state index contributed by atoms with van der Waals surface area (Å²) in [6.45, 7) is 0.625. The van der Waals surface area contributed by atoms with Crippen LogP contribution in [0.2, 0.25) is 0 Å². The Bertz CT molecular complexity index is 703. The predicted octanol–water partition coefficient (Wildman–Crippen LogP) is 3.56. The third-order valence-electron chi connectivity index (χ3n) is 3.61. The Labute approximate surface area is 120 Å². The summed E-state index contributed by atoms with van der Waals surface area (Å²) in [5, 5.41) is 10.0. The third-order valence-corrected chi connectivity index (χ3v) is 4.69. The van der Waals surface area contributed by atoms with Crippen molar-refractivity contribution in [2.24, 2.45) is 0 Å². The number of carbonyl (C=O) groups is 1. The number of likely N-dealkylation sites (tertiary alicyclic amines) is 1. The molecule has 1 aliphatic heterocycles. The highest BCUT2D eigenvalue weighted by molar-refractivity contribution is 7.20. The number of carbonyl (C=O) groups excluding carboxylic acids is 1. The molecule has 1 amide bonds. The van der Waals surface area contributed by atoms with Gasteiger partial charge in [0.2, 0.25) is 0 Å². The zero-order chi connectivity index (χ0) is 14.1. The van der Waals surface area contributed by atoms with Gasteiger partial charge in [-0.1, -0.05) is 6.07 Å². The van der Waals surface area contributed by atoms with E-state index in [4.69, 9.17) is 5.26 Å². The molecule has 102 valence electrons. The normalized spacial score (nSPS) is 19.0. The Kier molecular flexibility index (Phi) is 3.41. The van der Waals surface area contributed by atoms with Gasteiger partial charge in [0.05, 0.1) is 10.9 Å². The SMILES string of the molecule is N#CC1CCCCN1C(=O)c1cc2ccc(F)cc2s1. The number of nitrogens with zero attached hydrogens (tertiary/aromatic N) is 2. The van der Waals surface area contributed by atoms with E-state index >= 15 is 0 Å². The number of rotatable bonds is 1. The van der Waals surface area contributed by atoms with Gasteiger partial charge in [-0.05, 0) is 42.8 Å². The molecule has 3 nitrogen and oxygen atoms in total. The number of benzene rings is 1. The molecule has 20 heavy (non-hydrogen) atoms. The van der Waals surface area contributed by atoms with E-state index in [2.05, 4.69) is 6.07 Å². The summed E-state index contributed by atoms with van der Waals surface area (Å²) < 4.78 is 13.9. The molecule has 1 aliphatic rings. The second kappa shape index (κ2) is 5.22. The Morgan fingerprint density at radius 2 is 2.25 bits per heavy atom. The van der Waals surface area contributed by atoms with Gasteiger partial charge in [-0.2, -0.15) is 5.26 Å². The zero-order valence-corrected chi connectivity index (χ0v) is 11.6. The van der Waals surface area contributed by atoms with E-state index in [-0.39, 0.29) is 17.8 Å². The van der Waals surface area contributed by atoms with Crippen molar-refractivity contribution in [2.75, 3.05) is 6.54 Å². The first-order chi connectivity index (χ1) is 9.69. The second-order valence-electron chi connectivity index (χ2n) is 4.93. The minimum Gasteiger partial charge on any atom is -0.322 e. The molecule has 3 rings (SSSR count). The molecule has 2 aromatic rings. The van der Waals surface area contributed by atoms with Crippen LogP contribution in [0.5, 0.6) is 0 Å². The molecule has 0 aliphatic carbocycles. The van der Waals surface area contributed by atoms with Crippen LogP contribution in [0.1, 0.15) is 28.9 Å². The summed E-state index contributed by atoms with van der Waals surface area (Å²) in [5.41, 5.74) is 0. The number of hydrogen-bond acceptors (Lipinski definition) is 3. The van der Waals surface area contributed by atoms with Gasteiger partial charge in [0.25, 0.3) is 5.91 Å². The van der Waals surface area contributed by atoms with Gasteiger partial charge < -0.3 is 4.90 Å². The van der Waals surface area contributed by atoms with Crippen molar-refractivity contribution >= 4 is 27.3 Å². The molecule has 2 heterocycles. The number of nitriles is 1.